The number of thiazole rings is 1. The number of hydrogen-bond acceptors (Lipinski definition) is 4. The first-order valence-corrected chi connectivity index (χ1v) is 6.28. The zero-order valence-electron chi connectivity index (χ0n) is 9.55. The maximum atomic E-state index is 8.72. The summed E-state index contributed by atoms with van der Waals surface area (Å²) in [6.45, 7) is 2.94. The number of aromatic nitrogens is 1. The average Bonchev–Trinajstić information content (AvgIpc) is 2.89. The number of nitrogens with zero attached hydrogens (tertiary/aromatic N) is 2. The molecule has 0 fully saturated rings. The summed E-state index contributed by atoms with van der Waals surface area (Å²) in [6.07, 6.45) is 1.88. The zero-order chi connectivity index (χ0) is 12.1. The molecular weight excluding hydrogens is 230 g/mol. The van der Waals surface area contributed by atoms with E-state index >= 15 is 0 Å². The van der Waals surface area contributed by atoms with Gasteiger partial charge in [-0.1, -0.05) is 12.1 Å². The van der Waals surface area contributed by atoms with Gasteiger partial charge in [0.05, 0.1) is 17.1 Å². The molecule has 0 aliphatic carbocycles. The van der Waals surface area contributed by atoms with Crippen LogP contribution >= 0.6 is 11.3 Å². The molecule has 1 aromatic carbocycles. The third-order valence-corrected chi connectivity index (χ3v) is 3.39. The highest BCUT2D eigenvalue weighted by atomic mass is 32.1. The average molecular weight is 243 g/mol. The lowest BCUT2D eigenvalue weighted by Crippen LogP contribution is -2.17. The number of nitriles is 1. The molecular formula is C13H13N3S. The summed E-state index contributed by atoms with van der Waals surface area (Å²) in [5, 5.41) is 12.2. The quantitative estimate of drug-likeness (QED) is 0.898. The molecule has 17 heavy (non-hydrogen) atoms. The fourth-order valence-corrected chi connectivity index (χ4v) is 2.09. The number of nitrogens with one attached hydrogen (secondary N) is 1. The van der Waals surface area contributed by atoms with Crippen molar-refractivity contribution in [2.45, 2.75) is 19.5 Å². The third-order valence-electron chi connectivity index (χ3n) is 2.61. The predicted molar refractivity (Wildman–Crippen MR) is 68.5 cm³/mol. The molecule has 1 unspecified atom stereocenters. The van der Waals surface area contributed by atoms with E-state index < -0.39 is 0 Å². The Hall–Kier alpha value is -1.70. The lowest BCUT2D eigenvalue weighted by Gasteiger charge is -2.13. The van der Waals surface area contributed by atoms with Crippen molar-refractivity contribution in [3.63, 3.8) is 0 Å². The molecule has 0 aliphatic rings. The van der Waals surface area contributed by atoms with Gasteiger partial charge in [0.1, 0.15) is 0 Å². The van der Waals surface area contributed by atoms with Crippen LogP contribution in [0.5, 0.6) is 0 Å². The Morgan fingerprint density at radius 2 is 2.18 bits per heavy atom. The van der Waals surface area contributed by atoms with Crippen LogP contribution in [0, 0.1) is 11.3 Å². The van der Waals surface area contributed by atoms with Crippen LogP contribution < -0.4 is 5.32 Å². The molecule has 0 saturated heterocycles. The molecule has 0 amide bonds. The second kappa shape index (κ2) is 5.58. The van der Waals surface area contributed by atoms with E-state index in [-0.39, 0.29) is 6.04 Å². The topological polar surface area (TPSA) is 48.7 Å². The Morgan fingerprint density at radius 1 is 1.41 bits per heavy atom. The van der Waals surface area contributed by atoms with Crippen molar-refractivity contribution in [2.24, 2.45) is 0 Å². The van der Waals surface area contributed by atoms with Gasteiger partial charge in [0.25, 0.3) is 0 Å². The minimum absolute atomic E-state index is 0.268. The maximum absolute atomic E-state index is 8.72. The normalized spacial score (nSPS) is 12.0. The zero-order valence-corrected chi connectivity index (χ0v) is 10.4. The Balaban J connectivity index is 1.95. The van der Waals surface area contributed by atoms with Crippen LogP contribution in [0.25, 0.3) is 0 Å². The van der Waals surface area contributed by atoms with Gasteiger partial charge in [0.15, 0.2) is 0 Å². The molecule has 0 aliphatic heterocycles. The van der Waals surface area contributed by atoms with Crippen LogP contribution in [0.4, 0.5) is 0 Å². The molecule has 1 atom stereocenters. The van der Waals surface area contributed by atoms with Gasteiger partial charge in [-0.2, -0.15) is 5.26 Å². The fraction of sp³-hybridized carbons (Fsp3) is 0.231. The van der Waals surface area contributed by atoms with Crippen molar-refractivity contribution in [1.29, 1.82) is 5.26 Å². The minimum Gasteiger partial charge on any atom is -0.305 e. The van der Waals surface area contributed by atoms with E-state index in [0.717, 1.165) is 6.54 Å². The first kappa shape index (κ1) is 11.8. The smallest absolute Gasteiger partial charge is 0.0991 e. The van der Waals surface area contributed by atoms with Gasteiger partial charge >= 0.3 is 0 Å². The Bertz CT molecular complexity index is 496. The highest BCUT2D eigenvalue weighted by Gasteiger charge is 2.05. The molecule has 1 heterocycles. The number of hydrogen-bond donors (Lipinski definition) is 1. The monoisotopic (exact) mass is 243 g/mol. The van der Waals surface area contributed by atoms with Gasteiger partial charge in [0.2, 0.25) is 0 Å². The lowest BCUT2D eigenvalue weighted by molar-refractivity contribution is 0.578. The van der Waals surface area contributed by atoms with Gasteiger partial charge in [-0.05, 0) is 24.6 Å². The Kier molecular flexibility index (Phi) is 3.86. The van der Waals surface area contributed by atoms with Crippen LogP contribution in [-0.4, -0.2) is 4.98 Å². The molecule has 2 aromatic rings. The molecule has 1 N–H and O–H groups in total. The summed E-state index contributed by atoms with van der Waals surface area (Å²) in [5.74, 6) is 0. The molecule has 4 heteroatoms. The van der Waals surface area contributed by atoms with Crippen molar-refractivity contribution in [3.8, 4) is 6.07 Å². The maximum Gasteiger partial charge on any atom is 0.0991 e. The van der Waals surface area contributed by atoms with E-state index in [0.29, 0.717) is 5.56 Å². The van der Waals surface area contributed by atoms with Gasteiger partial charge in [-0.15, -0.1) is 11.3 Å². The predicted octanol–water partition coefficient (Wildman–Crippen LogP) is 2.87. The van der Waals surface area contributed by atoms with E-state index in [1.165, 1.54) is 10.4 Å². The van der Waals surface area contributed by atoms with Crippen molar-refractivity contribution in [2.75, 3.05) is 0 Å². The molecule has 0 bridgehead atoms. The highest BCUT2D eigenvalue weighted by molar-refractivity contribution is 7.09. The lowest BCUT2D eigenvalue weighted by atomic mass is 10.1. The van der Waals surface area contributed by atoms with Crippen LogP contribution in [-0.2, 0) is 6.54 Å². The van der Waals surface area contributed by atoms with E-state index in [1.807, 2.05) is 36.0 Å². The van der Waals surface area contributed by atoms with Crippen LogP contribution in [0.2, 0.25) is 0 Å². The summed E-state index contributed by atoms with van der Waals surface area (Å²) < 4.78 is 0. The fourth-order valence-electron chi connectivity index (χ4n) is 1.55. The Morgan fingerprint density at radius 3 is 2.76 bits per heavy atom. The molecule has 3 nitrogen and oxygen atoms in total. The molecule has 86 valence electrons. The summed E-state index contributed by atoms with van der Waals surface area (Å²) in [6, 6.07) is 10.1. The molecule has 0 spiro atoms. The van der Waals surface area contributed by atoms with Gasteiger partial charge < -0.3 is 5.32 Å². The van der Waals surface area contributed by atoms with Gasteiger partial charge in [0, 0.05) is 23.7 Å². The highest BCUT2D eigenvalue weighted by Crippen LogP contribution is 2.14. The minimum atomic E-state index is 0.268. The van der Waals surface area contributed by atoms with Gasteiger partial charge in [-0.3, -0.25) is 4.98 Å². The van der Waals surface area contributed by atoms with Crippen molar-refractivity contribution >= 4 is 11.3 Å². The van der Waals surface area contributed by atoms with Crippen LogP contribution in [0.3, 0.4) is 0 Å². The Labute approximate surface area is 105 Å². The second-order valence-corrected chi connectivity index (χ2v) is 4.78. The van der Waals surface area contributed by atoms with E-state index in [4.69, 9.17) is 5.26 Å². The van der Waals surface area contributed by atoms with E-state index in [1.54, 1.807) is 11.3 Å². The van der Waals surface area contributed by atoms with Gasteiger partial charge in [-0.25, -0.2) is 0 Å². The number of benzene rings is 1. The second-order valence-electron chi connectivity index (χ2n) is 3.80. The number of rotatable bonds is 4. The van der Waals surface area contributed by atoms with E-state index in [9.17, 15) is 0 Å². The van der Waals surface area contributed by atoms with Crippen molar-refractivity contribution < 1.29 is 0 Å². The summed E-state index contributed by atoms with van der Waals surface area (Å²) in [5.41, 5.74) is 3.72. The summed E-state index contributed by atoms with van der Waals surface area (Å²) in [4.78, 5) is 5.27. The third kappa shape index (κ3) is 3.13. The van der Waals surface area contributed by atoms with Crippen LogP contribution in [0.15, 0.2) is 36.0 Å². The van der Waals surface area contributed by atoms with Crippen LogP contribution in [0.1, 0.15) is 29.0 Å². The molecule has 2 rings (SSSR count). The SMILES string of the molecule is CC(NCc1cncs1)c1ccc(C#N)cc1. The largest absolute Gasteiger partial charge is 0.305 e. The van der Waals surface area contributed by atoms with E-state index in [2.05, 4.69) is 23.3 Å². The molecule has 0 radical (unpaired) electrons. The molecule has 0 saturated carbocycles. The first-order valence-electron chi connectivity index (χ1n) is 5.40. The first-order chi connectivity index (χ1) is 8.29. The van der Waals surface area contributed by atoms with Crippen molar-refractivity contribution in [1.82, 2.24) is 10.3 Å². The summed E-state index contributed by atoms with van der Waals surface area (Å²) >= 11 is 1.65. The molecule has 1 aromatic heterocycles. The standard InChI is InChI=1S/C13H13N3S/c1-10(16-8-13-7-15-9-17-13)12-4-2-11(6-14)3-5-12/h2-5,7,9-10,16H,8H2,1H3. The van der Waals surface area contributed by atoms with Crippen molar-refractivity contribution in [3.05, 3.63) is 52.0 Å². The summed E-state index contributed by atoms with van der Waals surface area (Å²) in [7, 11) is 0.